The van der Waals surface area contributed by atoms with E-state index in [4.69, 9.17) is 5.11 Å². The van der Waals surface area contributed by atoms with E-state index in [0.717, 1.165) is 0 Å². The second kappa shape index (κ2) is 3.95. The fourth-order valence-corrected chi connectivity index (χ4v) is 0.479. The second-order valence-corrected chi connectivity index (χ2v) is 1.64. The van der Waals surface area contributed by atoms with Crippen LogP contribution in [0.4, 0.5) is 0 Å². The molecule has 3 heteroatoms. The number of carboxylic acids is 1. The SMILES string of the molecule is C=CN(CC)CC(=O)O. The van der Waals surface area contributed by atoms with Crippen molar-refractivity contribution in [1.29, 1.82) is 0 Å². The van der Waals surface area contributed by atoms with Gasteiger partial charge in [0.05, 0.1) is 0 Å². The van der Waals surface area contributed by atoms with E-state index < -0.39 is 5.97 Å². The molecule has 3 nitrogen and oxygen atoms in total. The third kappa shape index (κ3) is 3.58. The molecule has 0 saturated carbocycles. The van der Waals surface area contributed by atoms with Crippen molar-refractivity contribution in [3.8, 4) is 0 Å². The summed E-state index contributed by atoms with van der Waals surface area (Å²) in [5, 5.41) is 8.26. The van der Waals surface area contributed by atoms with Crippen LogP contribution in [0.15, 0.2) is 12.8 Å². The highest BCUT2D eigenvalue weighted by Gasteiger charge is 1.99. The van der Waals surface area contributed by atoms with Gasteiger partial charge < -0.3 is 10.0 Å². The molecule has 0 amide bonds. The maximum absolute atomic E-state index is 10.0. The highest BCUT2D eigenvalue weighted by molar-refractivity contribution is 5.69. The zero-order valence-electron chi connectivity index (χ0n) is 5.50. The molecule has 0 aromatic carbocycles. The van der Waals surface area contributed by atoms with Crippen molar-refractivity contribution >= 4 is 5.97 Å². The summed E-state index contributed by atoms with van der Waals surface area (Å²) < 4.78 is 0. The molecule has 0 radical (unpaired) electrons. The summed E-state index contributed by atoms with van der Waals surface area (Å²) in [6.07, 6.45) is 1.52. The van der Waals surface area contributed by atoms with Gasteiger partial charge in [-0.25, -0.2) is 0 Å². The van der Waals surface area contributed by atoms with Crippen LogP contribution in [0.5, 0.6) is 0 Å². The minimum Gasteiger partial charge on any atom is -0.480 e. The lowest BCUT2D eigenvalue weighted by Gasteiger charge is -2.13. The van der Waals surface area contributed by atoms with Gasteiger partial charge in [0.1, 0.15) is 6.54 Å². The van der Waals surface area contributed by atoms with Gasteiger partial charge in [-0.05, 0) is 13.1 Å². The molecule has 0 aliphatic rings. The van der Waals surface area contributed by atoms with E-state index in [2.05, 4.69) is 6.58 Å². The molecule has 0 fully saturated rings. The number of carbonyl (C=O) groups is 1. The molecule has 0 aliphatic heterocycles. The number of carboxylic acid groups (broad SMARTS) is 1. The number of hydrogen-bond donors (Lipinski definition) is 1. The van der Waals surface area contributed by atoms with Crippen molar-refractivity contribution in [2.75, 3.05) is 13.1 Å². The molecule has 0 unspecified atom stereocenters. The molecular weight excluding hydrogens is 118 g/mol. The van der Waals surface area contributed by atoms with Crippen molar-refractivity contribution in [3.05, 3.63) is 12.8 Å². The smallest absolute Gasteiger partial charge is 0.323 e. The Morgan fingerprint density at radius 3 is 2.56 bits per heavy atom. The second-order valence-electron chi connectivity index (χ2n) is 1.64. The first kappa shape index (κ1) is 8.01. The van der Waals surface area contributed by atoms with Gasteiger partial charge in [0, 0.05) is 6.54 Å². The highest BCUT2D eigenvalue weighted by Crippen LogP contribution is 1.85. The summed E-state index contributed by atoms with van der Waals surface area (Å²) in [4.78, 5) is 11.7. The third-order valence-corrected chi connectivity index (χ3v) is 1.00. The minimum atomic E-state index is -0.822. The molecule has 0 atom stereocenters. The van der Waals surface area contributed by atoms with Gasteiger partial charge in [-0.1, -0.05) is 6.58 Å². The van der Waals surface area contributed by atoms with Crippen LogP contribution in [0, 0.1) is 0 Å². The van der Waals surface area contributed by atoms with Crippen molar-refractivity contribution in [1.82, 2.24) is 4.90 Å². The summed E-state index contributed by atoms with van der Waals surface area (Å²) in [6, 6.07) is 0. The van der Waals surface area contributed by atoms with Crippen molar-refractivity contribution in [2.24, 2.45) is 0 Å². The van der Waals surface area contributed by atoms with Crippen molar-refractivity contribution < 1.29 is 9.90 Å². The first-order valence-corrected chi connectivity index (χ1v) is 2.79. The lowest BCUT2D eigenvalue weighted by atomic mass is 10.5. The van der Waals surface area contributed by atoms with Crippen molar-refractivity contribution in [3.63, 3.8) is 0 Å². The molecule has 1 N–H and O–H groups in total. The molecule has 0 spiro atoms. The van der Waals surface area contributed by atoms with Crippen LogP contribution in [0.25, 0.3) is 0 Å². The Kier molecular flexibility index (Phi) is 3.51. The third-order valence-electron chi connectivity index (χ3n) is 1.00. The zero-order valence-corrected chi connectivity index (χ0v) is 5.50. The molecular formula is C6H11NO2. The van der Waals surface area contributed by atoms with Crippen LogP contribution in [-0.4, -0.2) is 29.1 Å². The monoisotopic (exact) mass is 129 g/mol. The van der Waals surface area contributed by atoms with Crippen molar-refractivity contribution in [2.45, 2.75) is 6.92 Å². The van der Waals surface area contributed by atoms with Gasteiger partial charge >= 0.3 is 5.97 Å². The van der Waals surface area contributed by atoms with E-state index in [9.17, 15) is 4.79 Å². The molecule has 0 aromatic rings. The van der Waals surface area contributed by atoms with E-state index in [-0.39, 0.29) is 6.54 Å². The standard InChI is InChI=1S/C6H11NO2/c1-3-7(4-2)5-6(8)9/h3H,1,4-5H2,2H3,(H,8,9). The van der Waals surface area contributed by atoms with Crippen LogP contribution in [0.3, 0.4) is 0 Å². The summed E-state index contributed by atoms with van der Waals surface area (Å²) in [7, 11) is 0. The molecule has 0 bridgehead atoms. The normalized spacial score (nSPS) is 8.56. The fraction of sp³-hybridized carbons (Fsp3) is 0.500. The molecule has 0 aliphatic carbocycles. The predicted molar refractivity (Wildman–Crippen MR) is 35.1 cm³/mol. The molecule has 0 saturated heterocycles. The molecule has 0 heterocycles. The number of hydrogen-bond acceptors (Lipinski definition) is 2. The quantitative estimate of drug-likeness (QED) is 0.602. The lowest BCUT2D eigenvalue weighted by molar-refractivity contribution is -0.137. The Balaban J connectivity index is 3.55. The maximum atomic E-state index is 10.0. The Labute approximate surface area is 54.6 Å². The van der Waals surface area contributed by atoms with E-state index in [1.807, 2.05) is 6.92 Å². The molecule has 9 heavy (non-hydrogen) atoms. The van der Waals surface area contributed by atoms with Crippen LogP contribution in [-0.2, 0) is 4.79 Å². The van der Waals surface area contributed by atoms with Gasteiger partial charge in [-0.2, -0.15) is 0 Å². The Morgan fingerprint density at radius 1 is 1.89 bits per heavy atom. The predicted octanol–water partition coefficient (Wildman–Crippen LogP) is 0.536. The Morgan fingerprint density at radius 2 is 2.44 bits per heavy atom. The first-order chi connectivity index (χ1) is 4.20. The lowest BCUT2D eigenvalue weighted by Crippen LogP contribution is -2.23. The summed E-state index contributed by atoms with van der Waals surface area (Å²) in [6.45, 7) is 6.06. The van der Waals surface area contributed by atoms with E-state index >= 15 is 0 Å². The molecule has 52 valence electrons. The fourth-order valence-electron chi connectivity index (χ4n) is 0.479. The van der Waals surface area contributed by atoms with Gasteiger partial charge in [0.2, 0.25) is 0 Å². The van der Waals surface area contributed by atoms with Gasteiger partial charge in [0.25, 0.3) is 0 Å². The topological polar surface area (TPSA) is 40.5 Å². The van der Waals surface area contributed by atoms with E-state index in [1.54, 1.807) is 4.90 Å². The number of rotatable bonds is 4. The summed E-state index contributed by atoms with van der Waals surface area (Å²) in [5.41, 5.74) is 0. The maximum Gasteiger partial charge on any atom is 0.323 e. The van der Waals surface area contributed by atoms with Crippen LogP contribution >= 0.6 is 0 Å². The molecule has 0 rings (SSSR count). The summed E-state index contributed by atoms with van der Waals surface area (Å²) >= 11 is 0. The van der Waals surface area contributed by atoms with E-state index in [0.29, 0.717) is 6.54 Å². The minimum absolute atomic E-state index is 0.0417. The van der Waals surface area contributed by atoms with E-state index in [1.165, 1.54) is 6.20 Å². The first-order valence-electron chi connectivity index (χ1n) is 2.79. The Hall–Kier alpha value is -0.990. The van der Waals surface area contributed by atoms with Crippen LogP contribution in [0.2, 0.25) is 0 Å². The van der Waals surface area contributed by atoms with Gasteiger partial charge in [-0.3, -0.25) is 4.79 Å². The van der Waals surface area contributed by atoms with Crippen LogP contribution < -0.4 is 0 Å². The Bertz CT molecular complexity index is 112. The average Bonchev–Trinajstić information content (AvgIpc) is 1.82. The van der Waals surface area contributed by atoms with Crippen LogP contribution in [0.1, 0.15) is 6.92 Å². The average molecular weight is 129 g/mol. The number of nitrogens with zero attached hydrogens (tertiary/aromatic N) is 1. The number of likely N-dealkylation sites (N-methyl/N-ethyl adjacent to an activating group) is 1. The number of aliphatic carboxylic acids is 1. The largest absolute Gasteiger partial charge is 0.480 e. The van der Waals surface area contributed by atoms with Gasteiger partial charge in [-0.15, -0.1) is 0 Å². The highest BCUT2D eigenvalue weighted by atomic mass is 16.4. The zero-order chi connectivity index (χ0) is 7.28. The molecule has 0 aromatic heterocycles. The summed E-state index contributed by atoms with van der Waals surface area (Å²) in [5.74, 6) is -0.822. The van der Waals surface area contributed by atoms with Gasteiger partial charge in [0.15, 0.2) is 0 Å².